The van der Waals surface area contributed by atoms with E-state index >= 15 is 0 Å². The number of halogens is 1. The van der Waals surface area contributed by atoms with Gasteiger partial charge in [-0.25, -0.2) is 0 Å². The van der Waals surface area contributed by atoms with Gasteiger partial charge in [-0.3, -0.25) is 0 Å². The van der Waals surface area contributed by atoms with Gasteiger partial charge < -0.3 is 5.32 Å². The Morgan fingerprint density at radius 3 is 2.69 bits per heavy atom. The van der Waals surface area contributed by atoms with Crippen LogP contribution in [0.1, 0.15) is 51.6 Å². The normalized spacial score (nSPS) is 14.8. The van der Waals surface area contributed by atoms with Crippen molar-refractivity contribution in [1.29, 1.82) is 0 Å². The summed E-state index contributed by atoms with van der Waals surface area (Å²) in [5, 5.41) is 4.41. The number of nitrogens with one attached hydrogen (secondary N) is 1. The first-order valence-corrected chi connectivity index (χ1v) is 6.52. The van der Waals surface area contributed by atoms with Crippen LogP contribution in [-0.2, 0) is 0 Å². The second-order valence-electron chi connectivity index (χ2n) is 4.49. The molecule has 1 rings (SSSR count). The average molecular weight is 240 g/mol. The van der Waals surface area contributed by atoms with Crippen LogP contribution in [0, 0.1) is 0 Å². The standard InChI is InChI=1S/C14H22ClN/c1-4-5-7-11(2)16-12(3)13-8-6-9-14(15)10-13/h6,8-12,16H,4-5,7H2,1-3H3/t11?,12-/m0/s1. The van der Waals surface area contributed by atoms with Crippen LogP contribution >= 0.6 is 11.6 Å². The molecule has 2 atom stereocenters. The number of unbranched alkanes of at least 4 members (excludes halogenated alkanes) is 1. The second-order valence-corrected chi connectivity index (χ2v) is 4.92. The molecule has 0 aromatic heterocycles. The summed E-state index contributed by atoms with van der Waals surface area (Å²) in [6.45, 7) is 6.66. The lowest BCUT2D eigenvalue weighted by Gasteiger charge is -2.20. The first-order chi connectivity index (χ1) is 7.63. The fraction of sp³-hybridized carbons (Fsp3) is 0.571. The first-order valence-electron chi connectivity index (χ1n) is 6.15. The van der Waals surface area contributed by atoms with Gasteiger partial charge >= 0.3 is 0 Å². The molecule has 1 aromatic rings. The number of hydrogen-bond acceptors (Lipinski definition) is 1. The zero-order valence-corrected chi connectivity index (χ0v) is 11.2. The van der Waals surface area contributed by atoms with E-state index in [4.69, 9.17) is 11.6 Å². The summed E-state index contributed by atoms with van der Waals surface area (Å²) >= 11 is 5.98. The molecular formula is C14H22ClN. The lowest BCUT2D eigenvalue weighted by molar-refractivity contribution is 0.444. The summed E-state index contributed by atoms with van der Waals surface area (Å²) < 4.78 is 0. The minimum atomic E-state index is 0.366. The molecule has 0 heterocycles. The number of benzene rings is 1. The van der Waals surface area contributed by atoms with Crippen molar-refractivity contribution in [1.82, 2.24) is 5.32 Å². The highest BCUT2D eigenvalue weighted by Crippen LogP contribution is 2.18. The Bertz CT molecular complexity index is 311. The van der Waals surface area contributed by atoms with Gasteiger partial charge in [-0.2, -0.15) is 0 Å². The molecule has 1 aromatic carbocycles. The monoisotopic (exact) mass is 239 g/mol. The molecule has 2 heteroatoms. The topological polar surface area (TPSA) is 12.0 Å². The minimum absolute atomic E-state index is 0.366. The molecule has 0 fully saturated rings. The lowest BCUT2D eigenvalue weighted by atomic mass is 10.1. The largest absolute Gasteiger partial charge is 0.308 e. The highest BCUT2D eigenvalue weighted by molar-refractivity contribution is 6.30. The van der Waals surface area contributed by atoms with Gasteiger partial charge in [0.25, 0.3) is 0 Å². The molecule has 0 aliphatic carbocycles. The van der Waals surface area contributed by atoms with Crippen molar-refractivity contribution in [3.8, 4) is 0 Å². The van der Waals surface area contributed by atoms with Gasteiger partial charge in [0, 0.05) is 17.1 Å². The summed E-state index contributed by atoms with van der Waals surface area (Å²) in [7, 11) is 0. The zero-order valence-electron chi connectivity index (χ0n) is 10.5. The van der Waals surface area contributed by atoms with E-state index in [9.17, 15) is 0 Å². The van der Waals surface area contributed by atoms with Crippen molar-refractivity contribution in [3.05, 3.63) is 34.9 Å². The average Bonchev–Trinajstić information content (AvgIpc) is 2.26. The third-order valence-electron chi connectivity index (χ3n) is 2.87. The van der Waals surface area contributed by atoms with Gasteiger partial charge in [0.05, 0.1) is 0 Å². The Hall–Kier alpha value is -0.530. The van der Waals surface area contributed by atoms with Crippen molar-refractivity contribution in [2.24, 2.45) is 0 Å². The molecule has 0 bridgehead atoms. The van der Waals surface area contributed by atoms with Crippen LogP contribution in [-0.4, -0.2) is 6.04 Å². The maximum atomic E-state index is 5.98. The predicted molar refractivity (Wildman–Crippen MR) is 72.0 cm³/mol. The molecule has 16 heavy (non-hydrogen) atoms. The smallest absolute Gasteiger partial charge is 0.0409 e. The van der Waals surface area contributed by atoms with Crippen molar-refractivity contribution in [3.63, 3.8) is 0 Å². The summed E-state index contributed by atoms with van der Waals surface area (Å²) in [6.07, 6.45) is 3.79. The Morgan fingerprint density at radius 2 is 2.06 bits per heavy atom. The summed E-state index contributed by atoms with van der Waals surface area (Å²) in [6, 6.07) is 9.01. The molecule has 90 valence electrons. The quantitative estimate of drug-likeness (QED) is 0.767. The molecule has 0 spiro atoms. The molecule has 0 aliphatic heterocycles. The van der Waals surface area contributed by atoms with Gasteiger partial charge in [0.15, 0.2) is 0 Å². The van der Waals surface area contributed by atoms with Crippen LogP contribution < -0.4 is 5.32 Å². The van der Waals surface area contributed by atoms with Crippen molar-refractivity contribution in [2.75, 3.05) is 0 Å². The highest BCUT2D eigenvalue weighted by atomic mass is 35.5. The molecule has 0 amide bonds. The fourth-order valence-corrected chi connectivity index (χ4v) is 2.09. The van der Waals surface area contributed by atoms with Gasteiger partial charge in [-0.1, -0.05) is 43.5 Å². The van der Waals surface area contributed by atoms with Crippen LogP contribution in [0.2, 0.25) is 5.02 Å². The molecular weight excluding hydrogens is 218 g/mol. The van der Waals surface area contributed by atoms with E-state index in [1.807, 2.05) is 18.2 Å². The van der Waals surface area contributed by atoms with Gasteiger partial charge in [-0.05, 0) is 38.0 Å². The Labute approximate surface area is 104 Å². The van der Waals surface area contributed by atoms with E-state index in [1.54, 1.807) is 0 Å². The van der Waals surface area contributed by atoms with Crippen LogP contribution in [0.4, 0.5) is 0 Å². The van der Waals surface area contributed by atoms with Crippen molar-refractivity contribution < 1.29 is 0 Å². The minimum Gasteiger partial charge on any atom is -0.308 e. The number of rotatable bonds is 6. The highest BCUT2D eigenvalue weighted by Gasteiger charge is 2.09. The first kappa shape index (κ1) is 13.5. The molecule has 0 saturated carbocycles. The van der Waals surface area contributed by atoms with Gasteiger partial charge in [0.1, 0.15) is 0 Å². The van der Waals surface area contributed by atoms with Gasteiger partial charge in [-0.15, -0.1) is 0 Å². The molecule has 0 radical (unpaired) electrons. The molecule has 1 unspecified atom stereocenters. The Kier molecular flexibility index (Phi) is 5.86. The van der Waals surface area contributed by atoms with Crippen molar-refractivity contribution in [2.45, 2.75) is 52.1 Å². The van der Waals surface area contributed by atoms with E-state index in [0.29, 0.717) is 12.1 Å². The van der Waals surface area contributed by atoms with Crippen LogP contribution in [0.5, 0.6) is 0 Å². The van der Waals surface area contributed by atoms with Crippen LogP contribution in [0.15, 0.2) is 24.3 Å². The number of hydrogen-bond donors (Lipinski definition) is 1. The lowest BCUT2D eigenvalue weighted by Crippen LogP contribution is -2.28. The van der Waals surface area contributed by atoms with E-state index < -0.39 is 0 Å². The van der Waals surface area contributed by atoms with Gasteiger partial charge in [0.2, 0.25) is 0 Å². The van der Waals surface area contributed by atoms with E-state index in [2.05, 4.69) is 32.2 Å². The Morgan fingerprint density at radius 1 is 1.31 bits per heavy atom. The summed E-state index contributed by atoms with van der Waals surface area (Å²) in [5.74, 6) is 0. The predicted octanol–water partition coefficient (Wildman–Crippen LogP) is 4.57. The van der Waals surface area contributed by atoms with E-state index in [0.717, 1.165) is 5.02 Å². The molecule has 1 nitrogen and oxygen atoms in total. The molecule has 0 aliphatic rings. The van der Waals surface area contributed by atoms with E-state index in [1.165, 1.54) is 24.8 Å². The summed E-state index contributed by atoms with van der Waals surface area (Å²) in [4.78, 5) is 0. The zero-order chi connectivity index (χ0) is 12.0. The SMILES string of the molecule is CCCCC(C)N[C@@H](C)c1cccc(Cl)c1. The Balaban J connectivity index is 2.48. The maximum Gasteiger partial charge on any atom is 0.0409 e. The third kappa shape index (κ3) is 4.54. The summed E-state index contributed by atoms with van der Waals surface area (Å²) in [5.41, 5.74) is 1.26. The fourth-order valence-electron chi connectivity index (χ4n) is 1.89. The van der Waals surface area contributed by atoms with Crippen LogP contribution in [0.3, 0.4) is 0 Å². The maximum absolute atomic E-state index is 5.98. The van der Waals surface area contributed by atoms with E-state index in [-0.39, 0.29) is 0 Å². The third-order valence-corrected chi connectivity index (χ3v) is 3.11. The molecule has 0 saturated heterocycles. The molecule has 1 N–H and O–H groups in total. The second kappa shape index (κ2) is 6.93. The van der Waals surface area contributed by atoms with Crippen LogP contribution in [0.25, 0.3) is 0 Å². The van der Waals surface area contributed by atoms with Crippen molar-refractivity contribution >= 4 is 11.6 Å².